The van der Waals surface area contributed by atoms with Crippen molar-refractivity contribution in [1.29, 1.82) is 0 Å². The maximum Gasteiger partial charge on any atom is 0.242 e. The van der Waals surface area contributed by atoms with Crippen LogP contribution in [-0.2, 0) is 11.3 Å². The summed E-state index contributed by atoms with van der Waals surface area (Å²) in [5.74, 6) is 0.862. The van der Waals surface area contributed by atoms with E-state index < -0.39 is 5.41 Å². The molecule has 1 radical (unpaired) electrons. The molecule has 183 valence electrons. The molecule has 0 saturated heterocycles. The molecule has 6 heteroatoms. The smallest absolute Gasteiger partial charge is 0.242 e. The van der Waals surface area contributed by atoms with E-state index in [9.17, 15) is 9.59 Å². The molecule has 1 aromatic carbocycles. The molecule has 0 aliphatic rings. The highest BCUT2D eigenvalue weighted by Gasteiger charge is 2.30. The van der Waals surface area contributed by atoms with E-state index >= 15 is 0 Å². The van der Waals surface area contributed by atoms with Crippen LogP contribution < -0.4 is 4.74 Å². The largest absolute Gasteiger partial charge is 0.497 e. The van der Waals surface area contributed by atoms with Gasteiger partial charge in [-0.05, 0) is 42.7 Å². The number of carbonyl (C=O) groups is 2. The van der Waals surface area contributed by atoms with Crippen LogP contribution in [0.2, 0.25) is 0 Å². The zero-order valence-corrected chi connectivity index (χ0v) is 22.0. The molecule has 0 spiro atoms. The molecule has 0 fully saturated rings. The number of nitrogens with zero attached hydrogens (tertiary/aromatic N) is 3. The Balaban J connectivity index is 2.46. The van der Waals surface area contributed by atoms with Crippen molar-refractivity contribution >= 4 is 22.7 Å². The molecule has 0 unspecified atom stereocenters. The van der Waals surface area contributed by atoms with Gasteiger partial charge in [0.25, 0.3) is 0 Å². The summed E-state index contributed by atoms with van der Waals surface area (Å²) in [5.41, 5.74) is 0.777. The van der Waals surface area contributed by atoms with Crippen molar-refractivity contribution in [2.24, 2.45) is 16.2 Å². The van der Waals surface area contributed by atoms with Crippen LogP contribution in [0.25, 0.3) is 11.0 Å². The predicted octanol–water partition coefficient (Wildman–Crippen LogP) is 5.79. The number of rotatable bonds is 9. The maximum absolute atomic E-state index is 13.6. The van der Waals surface area contributed by atoms with Crippen LogP contribution in [0, 0.1) is 23.2 Å². The lowest BCUT2D eigenvalue weighted by atomic mass is 9.90. The summed E-state index contributed by atoms with van der Waals surface area (Å²) < 4.78 is 7.15. The number of ether oxygens (including phenoxy) is 1. The van der Waals surface area contributed by atoms with Crippen LogP contribution in [0.15, 0.2) is 18.2 Å². The Morgan fingerprint density at radius 2 is 1.64 bits per heavy atom. The van der Waals surface area contributed by atoms with Gasteiger partial charge >= 0.3 is 0 Å². The summed E-state index contributed by atoms with van der Waals surface area (Å²) in [6.07, 6.45) is 1.69. The Kier molecular flexibility index (Phi) is 8.03. The summed E-state index contributed by atoms with van der Waals surface area (Å²) in [5, 5.41) is 0. The van der Waals surface area contributed by atoms with Crippen LogP contribution in [0.4, 0.5) is 0 Å². The zero-order chi connectivity index (χ0) is 25.2. The minimum atomic E-state index is -0.615. The minimum absolute atomic E-state index is 0.0198. The fourth-order valence-corrected chi connectivity index (χ4v) is 3.40. The molecule has 0 saturated carbocycles. The number of methoxy groups -OCH3 is 1. The molecule has 1 heterocycles. The summed E-state index contributed by atoms with van der Waals surface area (Å²) in [6.45, 7) is 21.8. The van der Waals surface area contributed by atoms with Gasteiger partial charge < -0.3 is 14.2 Å². The van der Waals surface area contributed by atoms with Gasteiger partial charge in [-0.2, -0.15) is 0 Å². The van der Waals surface area contributed by atoms with Gasteiger partial charge in [0.05, 0.1) is 18.1 Å². The molecule has 0 aliphatic heterocycles. The fraction of sp³-hybridized carbons (Fsp3) is 0.630. The fourth-order valence-electron chi connectivity index (χ4n) is 3.40. The number of amides is 1. The molecule has 0 atom stereocenters. The van der Waals surface area contributed by atoms with Crippen LogP contribution in [0.1, 0.15) is 78.9 Å². The number of aromatic nitrogens is 2. The Morgan fingerprint density at radius 3 is 2.15 bits per heavy atom. The van der Waals surface area contributed by atoms with Crippen molar-refractivity contribution in [3.05, 3.63) is 30.9 Å². The van der Waals surface area contributed by atoms with Gasteiger partial charge in [-0.3, -0.25) is 9.59 Å². The first-order valence-corrected chi connectivity index (χ1v) is 11.7. The summed E-state index contributed by atoms with van der Waals surface area (Å²) in [7, 11) is 1.60. The van der Waals surface area contributed by atoms with Gasteiger partial charge in [0.1, 0.15) is 12.3 Å². The molecule has 1 amide bonds. The maximum atomic E-state index is 13.6. The Morgan fingerprint density at radius 1 is 1.03 bits per heavy atom. The van der Waals surface area contributed by atoms with Gasteiger partial charge in [0.2, 0.25) is 11.7 Å². The van der Waals surface area contributed by atoms with Crippen molar-refractivity contribution in [3.8, 4) is 5.75 Å². The zero-order valence-electron chi connectivity index (χ0n) is 22.0. The third-order valence-corrected chi connectivity index (χ3v) is 5.68. The first-order valence-electron chi connectivity index (χ1n) is 11.7. The molecule has 0 N–H and O–H groups in total. The van der Waals surface area contributed by atoms with E-state index in [4.69, 9.17) is 4.74 Å². The monoisotopic (exact) mass is 456 g/mol. The summed E-state index contributed by atoms with van der Waals surface area (Å²) in [6, 6.07) is 5.49. The predicted molar refractivity (Wildman–Crippen MR) is 134 cm³/mol. The standard InChI is InChI=1S/C27H42N3O3/c1-25(2,3)13-15-29(16-14-26(4,5)6)22(31)18-30-21-17-19(33-10)11-12-20(21)28-24(30)23(32)27(7,8)9/h11-12,17H,1,13-16,18H2,2-10H3. The van der Waals surface area contributed by atoms with E-state index in [-0.39, 0.29) is 29.1 Å². The van der Waals surface area contributed by atoms with Crippen LogP contribution in [0.3, 0.4) is 0 Å². The van der Waals surface area contributed by atoms with Gasteiger partial charge in [-0.15, -0.1) is 0 Å². The summed E-state index contributed by atoms with van der Waals surface area (Å²) in [4.78, 5) is 33.3. The number of carbonyl (C=O) groups excluding carboxylic acids is 2. The highest BCUT2D eigenvalue weighted by atomic mass is 16.5. The highest BCUT2D eigenvalue weighted by Crippen LogP contribution is 2.27. The SMILES string of the molecule is [CH2]C(C)(C)CCN(CCC(C)(C)C)C(=O)Cn1c(C(=O)C(C)(C)C)nc2ccc(OC)cc21. The number of benzene rings is 1. The lowest BCUT2D eigenvalue weighted by Gasteiger charge is -2.30. The van der Waals surface area contributed by atoms with Gasteiger partial charge in [-0.25, -0.2) is 4.98 Å². The van der Waals surface area contributed by atoms with E-state index in [1.807, 2.05) is 43.9 Å². The first kappa shape index (κ1) is 26.9. The van der Waals surface area contributed by atoms with E-state index in [0.29, 0.717) is 30.2 Å². The topological polar surface area (TPSA) is 64.4 Å². The number of Topliss-reactive ketones (excluding diaryl/α,β-unsaturated/α-hetero) is 1. The minimum Gasteiger partial charge on any atom is -0.497 e. The number of hydrogen-bond acceptors (Lipinski definition) is 4. The molecular weight excluding hydrogens is 414 g/mol. The van der Waals surface area contributed by atoms with Crippen molar-refractivity contribution in [1.82, 2.24) is 14.5 Å². The van der Waals surface area contributed by atoms with Crippen LogP contribution in [-0.4, -0.2) is 46.3 Å². The molecule has 0 bridgehead atoms. The third-order valence-electron chi connectivity index (χ3n) is 5.68. The van der Waals surface area contributed by atoms with Gasteiger partial charge in [0, 0.05) is 24.6 Å². The van der Waals surface area contributed by atoms with Crippen molar-refractivity contribution in [2.75, 3.05) is 20.2 Å². The van der Waals surface area contributed by atoms with E-state index in [0.717, 1.165) is 18.4 Å². The van der Waals surface area contributed by atoms with Crippen LogP contribution in [0.5, 0.6) is 5.75 Å². The average molecular weight is 457 g/mol. The number of hydrogen-bond donors (Lipinski definition) is 0. The van der Waals surface area contributed by atoms with Crippen molar-refractivity contribution < 1.29 is 14.3 Å². The Bertz CT molecular complexity index is 967. The van der Waals surface area contributed by atoms with E-state index in [1.165, 1.54) is 0 Å². The lowest BCUT2D eigenvalue weighted by Crippen LogP contribution is -2.38. The van der Waals surface area contributed by atoms with Gasteiger partial charge in [-0.1, -0.05) is 55.4 Å². The molecule has 1 aromatic heterocycles. The molecule has 6 nitrogen and oxygen atoms in total. The van der Waals surface area contributed by atoms with E-state index in [2.05, 4.69) is 46.5 Å². The molecule has 2 rings (SSSR count). The summed E-state index contributed by atoms with van der Waals surface area (Å²) >= 11 is 0. The average Bonchev–Trinajstić information content (AvgIpc) is 3.02. The van der Waals surface area contributed by atoms with Crippen molar-refractivity contribution in [2.45, 2.75) is 74.8 Å². The number of fused-ring (bicyclic) bond motifs is 1. The Hall–Kier alpha value is -2.37. The number of ketones is 1. The molecule has 2 aromatic rings. The lowest BCUT2D eigenvalue weighted by molar-refractivity contribution is -0.132. The third kappa shape index (κ3) is 7.58. The first-order chi connectivity index (χ1) is 15.0. The van der Waals surface area contributed by atoms with E-state index in [1.54, 1.807) is 11.7 Å². The number of imidazole rings is 1. The highest BCUT2D eigenvalue weighted by molar-refractivity contribution is 6.00. The molecule has 0 aliphatic carbocycles. The van der Waals surface area contributed by atoms with Crippen LogP contribution >= 0.6 is 0 Å². The second-order valence-corrected chi connectivity index (χ2v) is 12.1. The second-order valence-electron chi connectivity index (χ2n) is 12.1. The molecular formula is C27H42N3O3. The van der Waals surface area contributed by atoms with Crippen molar-refractivity contribution in [3.63, 3.8) is 0 Å². The normalized spacial score (nSPS) is 12.8. The quantitative estimate of drug-likeness (QED) is 0.448. The Labute approximate surface area is 199 Å². The second kappa shape index (κ2) is 9.86. The molecule has 33 heavy (non-hydrogen) atoms. The van der Waals surface area contributed by atoms with Gasteiger partial charge in [0.15, 0.2) is 5.82 Å².